The van der Waals surface area contributed by atoms with Gasteiger partial charge in [0.2, 0.25) is 5.16 Å². The number of nitrogens with zero attached hydrogens (tertiary/aromatic N) is 6. The Morgan fingerprint density at radius 1 is 1.47 bits per heavy atom. The Morgan fingerprint density at radius 3 is 2.93 bits per heavy atom. The van der Waals surface area contributed by atoms with Gasteiger partial charge in [-0.3, -0.25) is 0 Å². The number of anilines is 1. The zero-order valence-corrected chi connectivity index (χ0v) is 10.0. The number of rotatable bonds is 2. The van der Waals surface area contributed by atoms with Gasteiger partial charge in [-0.1, -0.05) is 0 Å². The Bertz CT molecular complexity index is 484. The number of halogens is 1. The molecule has 2 aromatic heterocycles. The fraction of sp³-hybridized carbons (Fsp3) is 0.167. The van der Waals surface area contributed by atoms with Crippen molar-refractivity contribution in [1.82, 2.24) is 30.2 Å². The van der Waals surface area contributed by atoms with Crippen LogP contribution in [0, 0.1) is 0 Å². The van der Waals surface area contributed by atoms with Crippen molar-refractivity contribution in [2.75, 3.05) is 5.73 Å². The van der Waals surface area contributed by atoms with Gasteiger partial charge in [-0.15, -0.1) is 5.10 Å². The van der Waals surface area contributed by atoms with Gasteiger partial charge in [-0.25, -0.2) is 14.6 Å². The Balaban J connectivity index is 2.33. The first-order valence-electron chi connectivity index (χ1n) is 3.84. The summed E-state index contributed by atoms with van der Waals surface area (Å²) >= 11 is 4.61. The molecule has 0 atom stereocenters. The molecule has 78 valence electrons. The molecule has 0 aliphatic carbocycles. The molecule has 0 unspecified atom stereocenters. The van der Waals surface area contributed by atoms with Gasteiger partial charge in [0.25, 0.3) is 0 Å². The van der Waals surface area contributed by atoms with Crippen molar-refractivity contribution < 1.29 is 0 Å². The lowest BCUT2D eigenvalue weighted by Crippen LogP contribution is -1.97. The van der Waals surface area contributed by atoms with Crippen molar-refractivity contribution in [3.05, 3.63) is 10.8 Å². The van der Waals surface area contributed by atoms with Crippen LogP contribution >= 0.6 is 27.7 Å². The second kappa shape index (κ2) is 4.11. The first-order valence-corrected chi connectivity index (χ1v) is 5.45. The Labute approximate surface area is 97.6 Å². The lowest BCUT2D eigenvalue weighted by atomic mass is 10.6. The second-order valence-electron chi connectivity index (χ2n) is 2.57. The molecule has 2 N–H and O–H groups in total. The standard InChI is InChI=1S/C6H6BrN7S/c1-14-6(11-12-13-14)15-5-3(7)4(8)9-2-10-5/h2H,1H3,(H2,8,9,10). The van der Waals surface area contributed by atoms with E-state index in [0.717, 1.165) is 0 Å². The van der Waals surface area contributed by atoms with E-state index in [0.29, 0.717) is 20.5 Å². The number of hydrogen-bond acceptors (Lipinski definition) is 7. The van der Waals surface area contributed by atoms with Crippen molar-refractivity contribution in [3.63, 3.8) is 0 Å². The summed E-state index contributed by atoms with van der Waals surface area (Å²) in [5.41, 5.74) is 5.62. The van der Waals surface area contributed by atoms with Crippen LogP contribution in [0.15, 0.2) is 21.0 Å². The van der Waals surface area contributed by atoms with Crippen LogP contribution in [0.25, 0.3) is 0 Å². The maximum absolute atomic E-state index is 5.62. The molecule has 15 heavy (non-hydrogen) atoms. The first-order chi connectivity index (χ1) is 7.18. The Hall–Kier alpha value is -1.22. The molecule has 2 rings (SSSR count). The van der Waals surface area contributed by atoms with E-state index in [1.54, 1.807) is 11.7 Å². The highest BCUT2D eigenvalue weighted by molar-refractivity contribution is 9.10. The molecule has 0 bridgehead atoms. The summed E-state index contributed by atoms with van der Waals surface area (Å²) in [4.78, 5) is 7.91. The van der Waals surface area contributed by atoms with E-state index in [2.05, 4.69) is 41.4 Å². The third kappa shape index (κ3) is 2.07. The predicted molar refractivity (Wildman–Crippen MR) is 57.1 cm³/mol. The molecule has 0 spiro atoms. The van der Waals surface area contributed by atoms with Crippen molar-refractivity contribution in [1.29, 1.82) is 0 Å². The average molecular weight is 288 g/mol. The first kappa shape index (κ1) is 10.3. The van der Waals surface area contributed by atoms with Crippen molar-refractivity contribution >= 4 is 33.5 Å². The van der Waals surface area contributed by atoms with Gasteiger partial charge in [0.1, 0.15) is 17.2 Å². The summed E-state index contributed by atoms with van der Waals surface area (Å²) < 4.78 is 2.20. The van der Waals surface area contributed by atoms with Gasteiger partial charge in [0, 0.05) is 7.05 Å². The Morgan fingerprint density at radius 2 is 2.27 bits per heavy atom. The van der Waals surface area contributed by atoms with E-state index in [9.17, 15) is 0 Å². The molecule has 0 saturated carbocycles. The summed E-state index contributed by atoms with van der Waals surface area (Å²) in [6.07, 6.45) is 1.40. The molecule has 7 nitrogen and oxygen atoms in total. The van der Waals surface area contributed by atoms with Crippen molar-refractivity contribution in [2.45, 2.75) is 10.2 Å². The molecule has 0 saturated heterocycles. The Kier molecular flexibility index (Phi) is 2.82. The van der Waals surface area contributed by atoms with Gasteiger partial charge in [0.15, 0.2) is 0 Å². The summed E-state index contributed by atoms with van der Waals surface area (Å²) in [6.45, 7) is 0. The topological polar surface area (TPSA) is 95.4 Å². The summed E-state index contributed by atoms with van der Waals surface area (Å²) in [6, 6.07) is 0. The van der Waals surface area contributed by atoms with Crippen LogP contribution in [0.3, 0.4) is 0 Å². The monoisotopic (exact) mass is 287 g/mol. The normalized spacial score (nSPS) is 10.5. The smallest absolute Gasteiger partial charge is 0.215 e. The van der Waals surface area contributed by atoms with E-state index < -0.39 is 0 Å². The lowest BCUT2D eigenvalue weighted by molar-refractivity contribution is 0.664. The van der Waals surface area contributed by atoms with Crippen LogP contribution in [0.4, 0.5) is 5.82 Å². The van der Waals surface area contributed by atoms with E-state index >= 15 is 0 Å². The van der Waals surface area contributed by atoms with Crippen molar-refractivity contribution in [3.8, 4) is 0 Å². The van der Waals surface area contributed by atoms with Crippen LogP contribution in [-0.4, -0.2) is 30.2 Å². The molecular formula is C6H6BrN7S. The maximum atomic E-state index is 5.62. The third-order valence-corrected chi connectivity index (χ3v) is 3.63. The molecule has 0 aromatic carbocycles. The summed E-state index contributed by atoms with van der Waals surface area (Å²) in [5, 5.41) is 12.4. The second-order valence-corrected chi connectivity index (χ2v) is 4.31. The lowest BCUT2D eigenvalue weighted by Gasteiger charge is -2.02. The minimum atomic E-state index is 0.391. The van der Waals surface area contributed by atoms with Crippen LogP contribution in [0.2, 0.25) is 0 Å². The fourth-order valence-corrected chi connectivity index (χ4v) is 1.99. The van der Waals surface area contributed by atoms with Gasteiger partial charge in [-0.2, -0.15) is 0 Å². The van der Waals surface area contributed by atoms with Crippen LogP contribution in [0.1, 0.15) is 0 Å². The zero-order chi connectivity index (χ0) is 10.8. The van der Waals surface area contributed by atoms with E-state index in [1.165, 1.54) is 18.1 Å². The van der Waals surface area contributed by atoms with Crippen LogP contribution < -0.4 is 5.73 Å². The fourth-order valence-electron chi connectivity index (χ4n) is 0.832. The molecule has 2 heterocycles. The number of nitrogens with two attached hydrogens (primary N) is 1. The minimum Gasteiger partial charge on any atom is -0.383 e. The number of nitrogen functional groups attached to an aromatic ring is 1. The molecule has 0 aliphatic rings. The van der Waals surface area contributed by atoms with Gasteiger partial charge in [0.05, 0.1) is 4.47 Å². The molecule has 9 heteroatoms. The number of aryl methyl sites for hydroxylation is 1. The van der Waals surface area contributed by atoms with Gasteiger partial charge < -0.3 is 5.73 Å². The molecule has 2 aromatic rings. The predicted octanol–water partition coefficient (Wildman–Crippen LogP) is 0.496. The number of aromatic nitrogens is 6. The largest absolute Gasteiger partial charge is 0.383 e. The molecule has 0 amide bonds. The van der Waals surface area contributed by atoms with E-state index in [-0.39, 0.29) is 0 Å². The quantitative estimate of drug-likeness (QED) is 0.804. The zero-order valence-electron chi connectivity index (χ0n) is 7.62. The van der Waals surface area contributed by atoms with Crippen molar-refractivity contribution in [2.24, 2.45) is 7.05 Å². The average Bonchev–Trinajstić information content (AvgIpc) is 2.60. The molecule has 0 fully saturated rings. The van der Waals surface area contributed by atoms with E-state index in [4.69, 9.17) is 5.73 Å². The molecular weight excluding hydrogens is 282 g/mol. The SMILES string of the molecule is Cn1nnnc1Sc1ncnc(N)c1Br. The highest BCUT2D eigenvalue weighted by atomic mass is 79.9. The van der Waals surface area contributed by atoms with Crippen LogP contribution in [0.5, 0.6) is 0 Å². The molecule has 0 radical (unpaired) electrons. The molecule has 0 aliphatic heterocycles. The van der Waals surface area contributed by atoms with Crippen LogP contribution in [-0.2, 0) is 7.05 Å². The summed E-state index contributed by atoms with van der Waals surface area (Å²) in [7, 11) is 1.75. The summed E-state index contributed by atoms with van der Waals surface area (Å²) in [5.74, 6) is 0.391. The highest BCUT2D eigenvalue weighted by Gasteiger charge is 2.11. The number of tetrazole rings is 1. The van der Waals surface area contributed by atoms with Gasteiger partial charge in [-0.05, 0) is 38.1 Å². The van der Waals surface area contributed by atoms with E-state index in [1.807, 2.05) is 0 Å². The van der Waals surface area contributed by atoms with Gasteiger partial charge >= 0.3 is 0 Å². The highest BCUT2D eigenvalue weighted by Crippen LogP contribution is 2.31. The minimum absolute atomic E-state index is 0.391. The maximum Gasteiger partial charge on any atom is 0.215 e. The number of hydrogen-bond donors (Lipinski definition) is 1. The third-order valence-electron chi connectivity index (χ3n) is 1.55.